The first-order valence-electron chi connectivity index (χ1n) is 25.7. The largest absolute Gasteiger partial charge is 0.523 e. The number of fused-ring (bicyclic) bond motifs is 1. The van der Waals surface area contributed by atoms with E-state index in [9.17, 15) is 31.2 Å². The van der Waals surface area contributed by atoms with Gasteiger partial charge in [0.1, 0.15) is 35.9 Å². The van der Waals surface area contributed by atoms with Gasteiger partial charge in [0.15, 0.2) is 10.8 Å². The minimum Gasteiger partial charge on any atom is -0.469 e. The number of benzene rings is 5. The van der Waals surface area contributed by atoms with Crippen molar-refractivity contribution in [1.29, 1.82) is 0 Å². The molecule has 2 amide bonds. The Bertz CT molecular complexity index is 3070. The number of thiazole rings is 1. The third-order valence-corrected chi connectivity index (χ3v) is 17.5. The molecule has 3 saturated heterocycles. The van der Waals surface area contributed by atoms with Crippen molar-refractivity contribution in [3.05, 3.63) is 202 Å². The molecular formula is C58H58F3N5O9S4. The Morgan fingerprint density at radius 2 is 1.29 bits per heavy atom. The molecule has 0 radical (unpaired) electrons. The minimum absolute atomic E-state index is 0.0290. The first-order chi connectivity index (χ1) is 38.2. The fraction of sp³-hybridized carbons (Fsp3) is 0.328. The summed E-state index contributed by atoms with van der Waals surface area (Å²) in [6.45, 7) is 3.83. The molecule has 1 aromatic heterocycles. The third-order valence-electron chi connectivity index (χ3n) is 14.1. The number of amides is 2. The average molecular weight is 1150 g/mol. The molecule has 4 aliphatic rings. The molecule has 5 heterocycles. The number of β-lactam (4-membered cyclic amide) rings is 1. The van der Waals surface area contributed by atoms with Crippen LogP contribution in [-0.4, -0.2) is 103 Å². The number of thioether (sulfide) groups is 1. The second-order valence-electron chi connectivity index (χ2n) is 19.0. The van der Waals surface area contributed by atoms with E-state index >= 15 is 0 Å². The number of ether oxygens (including phenoxy) is 3. The number of oxime groups is 1. The zero-order chi connectivity index (χ0) is 55.6. The number of carbonyl (C=O) groups excluding carboxylic acids is 2. The van der Waals surface area contributed by atoms with E-state index in [0.717, 1.165) is 46.2 Å². The van der Waals surface area contributed by atoms with Gasteiger partial charge < -0.3 is 29.7 Å². The Balaban J connectivity index is 0.000000438. The highest BCUT2D eigenvalue weighted by molar-refractivity contribution is 8.00. The molecule has 21 heteroatoms. The lowest BCUT2D eigenvalue weighted by atomic mass is 9.77. The first kappa shape index (κ1) is 57.2. The molecule has 3 atom stereocenters. The van der Waals surface area contributed by atoms with Crippen LogP contribution in [0, 0.1) is 11.8 Å². The topological polar surface area (TPSA) is 167 Å². The summed E-state index contributed by atoms with van der Waals surface area (Å²) in [4.78, 5) is 40.8. The van der Waals surface area contributed by atoms with Gasteiger partial charge in [-0.15, -0.1) is 23.1 Å². The summed E-state index contributed by atoms with van der Waals surface area (Å²) in [5, 5.41) is 13.0. The zero-order valence-electron chi connectivity index (χ0n) is 43.1. The molecule has 3 fully saturated rings. The van der Waals surface area contributed by atoms with Crippen LogP contribution in [0.2, 0.25) is 0 Å². The van der Waals surface area contributed by atoms with E-state index in [1.807, 2.05) is 115 Å². The predicted molar refractivity (Wildman–Crippen MR) is 302 cm³/mol. The van der Waals surface area contributed by atoms with Gasteiger partial charge in [-0.2, -0.15) is 21.6 Å². The number of rotatable bonds is 17. The quantitative estimate of drug-likeness (QED) is 0.0169. The number of thiocarbonyl (C=S) groups is 1. The number of alkyl halides is 3. The van der Waals surface area contributed by atoms with Crippen molar-refractivity contribution in [2.24, 2.45) is 17.0 Å². The Hall–Kier alpha value is -6.46. The number of hydrogen-bond acceptors (Lipinski definition) is 15. The van der Waals surface area contributed by atoms with Gasteiger partial charge in [0, 0.05) is 37.1 Å². The van der Waals surface area contributed by atoms with E-state index in [2.05, 4.69) is 63.3 Å². The lowest BCUT2D eigenvalue weighted by molar-refractivity contribution is -0.144. The number of aromatic nitrogens is 1. The van der Waals surface area contributed by atoms with Crippen molar-refractivity contribution >= 4 is 73.1 Å². The van der Waals surface area contributed by atoms with Crippen LogP contribution in [-0.2, 0) is 48.5 Å². The summed E-state index contributed by atoms with van der Waals surface area (Å²) in [6.07, 6.45) is 2.16. The van der Waals surface area contributed by atoms with Crippen LogP contribution in [0.5, 0.6) is 0 Å². The van der Waals surface area contributed by atoms with Crippen LogP contribution in [0.1, 0.15) is 72.2 Å². The van der Waals surface area contributed by atoms with Crippen LogP contribution in [0.4, 0.5) is 18.3 Å². The van der Waals surface area contributed by atoms with E-state index < -0.39 is 51.2 Å². The highest BCUT2D eigenvalue weighted by Crippen LogP contribution is 2.49. The Morgan fingerprint density at radius 1 is 0.797 bits per heavy atom. The second kappa shape index (κ2) is 25.8. The zero-order valence-corrected chi connectivity index (χ0v) is 46.4. The number of nitrogens with one attached hydrogen (secondary N) is 2. The molecule has 4 aliphatic heterocycles. The van der Waals surface area contributed by atoms with Gasteiger partial charge in [-0.1, -0.05) is 157 Å². The number of carbonyl (C=O) groups is 2. The van der Waals surface area contributed by atoms with E-state index in [1.165, 1.54) is 18.4 Å². The monoisotopic (exact) mass is 1150 g/mol. The molecule has 5 aromatic carbocycles. The Kier molecular flexibility index (Phi) is 18.7. The highest BCUT2D eigenvalue weighted by atomic mass is 32.2. The van der Waals surface area contributed by atoms with E-state index in [4.69, 9.17) is 36.3 Å². The fourth-order valence-electron chi connectivity index (χ4n) is 10.1. The van der Waals surface area contributed by atoms with Gasteiger partial charge in [0.25, 0.3) is 11.8 Å². The smallest absolute Gasteiger partial charge is 0.469 e. The van der Waals surface area contributed by atoms with Crippen LogP contribution in [0.15, 0.2) is 173 Å². The Morgan fingerprint density at radius 3 is 1.78 bits per heavy atom. The van der Waals surface area contributed by atoms with Crippen LogP contribution in [0.25, 0.3) is 0 Å². The lowest BCUT2D eigenvalue weighted by Crippen LogP contribution is -2.71. The summed E-state index contributed by atoms with van der Waals surface area (Å²) in [6, 6.07) is 49.7. The van der Waals surface area contributed by atoms with Crippen molar-refractivity contribution in [2.45, 2.75) is 66.4 Å². The molecule has 0 bridgehead atoms. The normalized spacial score (nSPS) is 19.4. The molecule has 6 aromatic rings. The van der Waals surface area contributed by atoms with E-state index in [-0.39, 0.29) is 33.8 Å². The van der Waals surface area contributed by atoms with Crippen LogP contribution >= 0.6 is 35.3 Å². The van der Waals surface area contributed by atoms with Gasteiger partial charge in [-0.3, -0.25) is 18.7 Å². The molecule has 14 nitrogen and oxygen atoms in total. The number of anilines is 1. The number of halogens is 3. The molecule has 0 aliphatic carbocycles. The van der Waals surface area contributed by atoms with Gasteiger partial charge in [-0.05, 0) is 90.1 Å². The molecule has 414 valence electrons. The predicted octanol–water partition coefficient (Wildman–Crippen LogP) is 10.8. The van der Waals surface area contributed by atoms with Gasteiger partial charge in [-0.25, -0.2) is 4.98 Å². The van der Waals surface area contributed by atoms with Crippen molar-refractivity contribution < 1.29 is 54.4 Å². The van der Waals surface area contributed by atoms with Crippen molar-refractivity contribution in [1.82, 2.24) is 15.2 Å². The second-order valence-corrected chi connectivity index (χ2v) is 23.3. The number of nitrogens with zero attached hydrogens (tertiary/aromatic N) is 3. The van der Waals surface area contributed by atoms with Gasteiger partial charge in [0.2, 0.25) is 5.05 Å². The highest BCUT2D eigenvalue weighted by Gasteiger charge is 2.56. The maximum absolute atomic E-state index is 14.5. The van der Waals surface area contributed by atoms with E-state index in [1.54, 1.807) is 22.0 Å². The standard InChI is InChI=1S/C51H47N5O5S3.C7H11F3O4S/c1-33-41(34-28-30-60-31-29-34)44(49(62)61-45(35-18-8-3-9-19-35)36-20-10-4-11-21-36)56-47(58)43(48(56)64-33)53-46(57)42(55-59-2)40-32-63-50(52-40)54-51(37-22-12-5-13-23-37,38-24-14-6-15-25-38)39-26-16-7-17-27-39;8-7(9,10)15(11,12)14-5-6-1-3-13-4-2-6/h3-27,32-34,43,45,48H,28-31H2,1-2H3,(H,52,54)(H,53,57);6H,1-5H2/b55-42+;/t33?,43?,48-;/m1./s1. The molecule has 2 unspecified atom stereocenters. The van der Waals surface area contributed by atoms with Gasteiger partial charge in [0.05, 0.1) is 12.3 Å². The third kappa shape index (κ3) is 12.9. The summed E-state index contributed by atoms with van der Waals surface area (Å²) in [7, 11) is -4.06. The summed E-state index contributed by atoms with van der Waals surface area (Å²) >= 11 is 9.19. The molecule has 10 rings (SSSR count). The fourth-order valence-corrected chi connectivity index (χ4v) is 13.2. The minimum atomic E-state index is -5.44. The summed E-state index contributed by atoms with van der Waals surface area (Å²) in [5.41, 5.74) is 0.674. The summed E-state index contributed by atoms with van der Waals surface area (Å²) < 4.78 is 78.0. The molecule has 79 heavy (non-hydrogen) atoms. The molecule has 2 N–H and O–H groups in total. The van der Waals surface area contributed by atoms with Crippen LogP contribution in [0.3, 0.4) is 0 Å². The average Bonchev–Trinajstić information content (AvgIpc) is 3.84. The first-order valence-corrected chi connectivity index (χ1v) is 29.3. The van der Waals surface area contributed by atoms with Crippen molar-refractivity contribution in [3.63, 3.8) is 0 Å². The molecule has 0 saturated carbocycles. The lowest BCUT2D eigenvalue weighted by Gasteiger charge is -2.53. The van der Waals surface area contributed by atoms with Crippen molar-refractivity contribution in [3.8, 4) is 0 Å². The maximum Gasteiger partial charge on any atom is 0.523 e. The number of hydrogen-bond donors (Lipinski definition) is 2. The van der Waals surface area contributed by atoms with Gasteiger partial charge >= 0.3 is 15.6 Å². The summed E-state index contributed by atoms with van der Waals surface area (Å²) in [5.74, 6) is -0.900. The van der Waals surface area contributed by atoms with Crippen molar-refractivity contribution in [2.75, 3.05) is 45.5 Å². The SMILES string of the molecule is CO/N=C(/C(=O)NC1C(=O)N2C(C(=S)OC(c3ccccc3)c3ccccc3)=C(C3CCOCC3)C(C)S[C@H]12)c1csc(NC(c2ccccc2)(c2ccccc2)c2ccccc2)n1.O=S(=O)(OCC1CCOCC1)C(F)(F)F. The van der Waals surface area contributed by atoms with Crippen LogP contribution < -0.4 is 10.6 Å². The Labute approximate surface area is 470 Å². The maximum atomic E-state index is 14.5. The molecule has 0 spiro atoms. The molecular weight excluding hydrogens is 1100 g/mol. The van der Waals surface area contributed by atoms with E-state index in [0.29, 0.717) is 55.8 Å².